The van der Waals surface area contributed by atoms with Gasteiger partial charge < -0.3 is 4.90 Å². The second-order valence-corrected chi connectivity index (χ2v) is 5.02. The quantitative estimate of drug-likeness (QED) is 0.848. The van der Waals surface area contributed by atoms with Gasteiger partial charge in [-0.05, 0) is 35.7 Å². The van der Waals surface area contributed by atoms with Gasteiger partial charge in [0, 0.05) is 6.42 Å². The summed E-state index contributed by atoms with van der Waals surface area (Å²) in [7, 11) is 0. The lowest BCUT2D eigenvalue weighted by molar-refractivity contribution is -0.119. The first-order chi connectivity index (χ1) is 10.2. The van der Waals surface area contributed by atoms with E-state index in [2.05, 4.69) is 6.07 Å². The van der Waals surface area contributed by atoms with Crippen LogP contribution < -0.4 is 4.90 Å². The molecule has 1 aliphatic heterocycles. The molecule has 2 aromatic carbocycles. The Morgan fingerprint density at radius 3 is 2.81 bits per heavy atom. The van der Waals surface area contributed by atoms with Gasteiger partial charge in [-0.1, -0.05) is 24.3 Å². The molecule has 2 aromatic rings. The number of benzene rings is 2. The van der Waals surface area contributed by atoms with Crippen LogP contribution >= 0.6 is 0 Å². The fourth-order valence-corrected chi connectivity index (χ4v) is 2.62. The monoisotopic (exact) mass is 280 g/mol. The minimum atomic E-state index is -0.359. The maximum atomic E-state index is 13.5. The Labute approximate surface area is 122 Å². The van der Waals surface area contributed by atoms with E-state index in [1.165, 1.54) is 12.1 Å². The second kappa shape index (κ2) is 5.37. The third kappa shape index (κ3) is 2.50. The van der Waals surface area contributed by atoms with E-state index in [9.17, 15) is 9.18 Å². The van der Waals surface area contributed by atoms with Gasteiger partial charge in [0.25, 0.3) is 0 Å². The van der Waals surface area contributed by atoms with Crippen LogP contribution in [0.2, 0.25) is 0 Å². The van der Waals surface area contributed by atoms with Gasteiger partial charge >= 0.3 is 0 Å². The third-order valence-corrected chi connectivity index (χ3v) is 3.71. The summed E-state index contributed by atoms with van der Waals surface area (Å²) >= 11 is 0. The van der Waals surface area contributed by atoms with Crippen molar-refractivity contribution in [3.63, 3.8) is 0 Å². The predicted molar refractivity (Wildman–Crippen MR) is 77.1 cm³/mol. The molecule has 0 saturated heterocycles. The van der Waals surface area contributed by atoms with E-state index in [-0.39, 0.29) is 11.7 Å². The van der Waals surface area contributed by atoms with Gasteiger partial charge in [0.05, 0.1) is 23.9 Å². The fourth-order valence-electron chi connectivity index (χ4n) is 2.62. The van der Waals surface area contributed by atoms with Crippen molar-refractivity contribution in [3.05, 3.63) is 65.0 Å². The van der Waals surface area contributed by atoms with Gasteiger partial charge in [-0.3, -0.25) is 4.79 Å². The summed E-state index contributed by atoms with van der Waals surface area (Å²) < 4.78 is 13.5. The van der Waals surface area contributed by atoms with Crippen molar-refractivity contribution in [2.24, 2.45) is 0 Å². The minimum absolute atomic E-state index is 0.0409. The number of fused-ring (bicyclic) bond motifs is 1. The summed E-state index contributed by atoms with van der Waals surface area (Å²) in [5, 5.41) is 9.14. The third-order valence-electron chi connectivity index (χ3n) is 3.71. The number of rotatable bonds is 2. The Hall–Kier alpha value is -2.67. The van der Waals surface area contributed by atoms with Crippen molar-refractivity contribution >= 4 is 11.6 Å². The van der Waals surface area contributed by atoms with Crippen LogP contribution in [-0.4, -0.2) is 5.91 Å². The average molecular weight is 280 g/mol. The zero-order chi connectivity index (χ0) is 14.8. The highest BCUT2D eigenvalue weighted by atomic mass is 19.1. The summed E-state index contributed by atoms with van der Waals surface area (Å²) in [6.45, 7) is 0.291. The van der Waals surface area contributed by atoms with Gasteiger partial charge in [0.2, 0.25) is 5.91 Å². The lowest BCUT2D eigenvalue weighted by Gasteiger charge is -2.29. The molecule has 21 heavy (non-hydrogen) atoms. The molecule has 0 aromatic heterocycles. The highest BCUT2D eigenvalue weighted by Gasteiger charge is 2.25. The van der Waals surface area contributed by atoms with E-state index in [0.717, 1.165) is 11.1 Å². The van der Waals surface area contributed by atoms with Crippen molar-refractivity contribution in [2.75, 3.05) is 4.90 Å². The van der Waals surface area contributed by atoms with Crippen LogP contribution in [0.5, 0.6) is 0 Å². The SMILES string of the molecule is N#Cc1ccccc1CN1C(=O)CCc2ccc(F)cc21. The lowest BCUT2D eigenvalue weighted by Crippen LogP contribution is -2.34. The molecule has 0 bridgehead atoms. The summed E-state index contributed by atoms with van der Waals surface area (Å²) in [5.74, 6) is -0.400. The molecule has 4 heteroatoms. The Balaban J connectivity index is 2.01. The van der Waals surface area contributed by atoms with Crippen molar-refractivity contribution < 1.29 is 9.18 Å². The van der Waals surface area contributed by atoms with Crippen LogP contribution in [0.1, 0.15) is 23.1 Å². The first-order valence-corrected chi connectivity index (χ1v) is 6.76. The van der Waals surface area contributed by atoms with Gasteiger partial charge in [0.1, 0.15) is 5.82 Å². The smallest absolute Gasteiger partial charge is 0.227 e. The van der Waals surface area contributed by atoms with Crippen LogP contribution in [0.15, 0.2) is 42.5 Å². The van der Waals surface area contributed by atoms with Crippen molar-refractivity contribution in [2.45, 2.75) is 19.4 Å². The Kier molecular flexibility index (Phi) is 3.41. The summed E-state index contributed by atoms with van der Waals surface area (Å²) in [6.07, 6.45) is 1.04. The largest absolute Gasteiger partial charge is 0.308 e. The van der Waals surface area contributed by atoms with Crippen molar-refractivity contribution in [1.29, 1.82) is 5.26 Å². The van der Waals surface area contributed by atoms with E-state index >= 15 is 0 Å². The molecule has 0 aliphatic carbocycles. The van der Waals surface area contributed by atoms with Crippen LogP contribution in [-0.2, 0) is 17.8 Å². The molecule has 0 fully saturated rings. The molecule has 3 nitrogen and oxygen atoms in total. The Morgan fingerprint density at radius 2 is 2.00 bits per heavy atom. The molecule has 0 atom stereocenters. The van der Waals surface area contributed by atoms with Crippen LogP contribution in [0, 0.1) is 17.1 Å². The van der Waals surface area contributed by atoms with E-state index in [1.54, 1.807) is 23.1 Å². The lowest BCUT2D eigenvalue weighted by atomic mass is 9.99. The number of carbonyl (C=O) groups is 1. The van der Waals surface area contributed by atoms with Gasteiger partial charge in [0.15, 0.2) is 0 Å². The molecular weight excluding hydrogens is 267 g/mol. The average Bonchev–Trinajstić information content (AvgIpc) is 2.50. The molecule has 3 rings (SSSR count). The molecule has 0 unspecified atom stereocenters. The fraction of sp³-hybridized carbons (Fsp3) is 0.176. The zero-order valence-electron chi connectivity index (χ0n) is 11.3. The van der Waals surface area contributed by atoms with Crippen LogP contribution in [0.25, 0.3) is 0 Å². The number of carbonyl (C=O) groups excluding carboxylic acids is 1. The number of nitrogens with zero attached hydrogens (tertiary/aromatic N) is 2. The van der Waals surface area contributed by atoms with E-state index < -0.39 is 0 Å². The predicted octanol–water partition coefficient (Wildman–Crippen LogP) is 3.18. The highest BCUT2D eigenvalue weighted by Crippen LogP contribution is 2.30. The molecule has 1 amide bonds. The van der Waals surface area contributed by atoms with E-state index in [4.69, 9.17) is 5.26 Å². The van der Waals surface area contributed by atoms with E-state index in [0.29, 0.717) is 30.6 Å². The molecular formula is C17H13FN2O. The molecule has 104 valence electrons. The first-order valence-electron chi connectivity index (χ1n) is 6.76. The standard InChI is InChI=1S/C17H13FN2O/c18-15-7-5-12-6-8-17(21)20(16(12)9-15)11-14-4-2-1-3-13(14)10-19/h1-5,7,9H,6,8,11H2. The summed E-state index contributed by atoms with van der Waals surface area (Å²) in [6, 6.07) is 13.8. The topological polar surface area (TPSA) is 44.1 Å². The zero-order valence-corrected chi connectivity index (χ0v) is 11.3. The summed E-state index contributed by atoms with van der Waals surface area (Å²) in [4.78, 5) is 13.8. The number of halogens is 1. The van der Waals surface area contributed by atoms with E-state index in [1.807, 2.05) is 12.1 Å². The molecule has 0 N–H and O–H groups in total. The maximum absolute atomic E-state index is 13.5. The molecule has 1 heterocycles. The normalized spacial score (nSPS) is 13.7. The molecule has 1 aliphatic rings. The number of amides is 1. The Morgan fingerprint density at radius 1 is 1.19 bits per heavy atom. The molecule has 0 saturated carbocycles. The number of anilines is 1. The van der Waals surface area contributed by atoms with Gasteiger partial charge in [-0.2, -0.15) is 5.26 Å². The van der Waals surface area contributed by atoms with Crippen molar-refractivity contribution in [1.82, 2.24) is 0 Å². The molecule has 0 radical (unpaired) electrons. The maximum Gasteiger partial charge on any atom is 0.227 e. The second-order valence-electron chi connectivity index (χ2n) is 5.02. The summed E-state index contributed by atoms with van der Waals surface area (Å²) in [5.41, 5.74) is 2.88. The number of hydrogen-bond acceptors (Lipinski definition) is 2. The van der Waals surface area contributed by atoms with Gasteiger partial charge in [-0.15, -0.1) is 0 Å². The number of hydrogen-bond donors (Lipinski definition) is 0. The van der Waals surface area contributed by atoms with Crippen LogP contribution in [0.3, 0.4) is 0 Å². The minimum Gasteiger partial charge on any atom is -0.308 e. The number of aryl methyl sites for hydroxylation is 1. The highest BCUT2D eigenvalue weighted by molar-refractivity contribution is 5.96. The van der Waals surface area contributed by atoms with Crippen molar-refractivity contribution in [3.8, 4) is 6.07 Å². The van der Waals surface area contributed by atoms with Gasteiger partial charge in [-0.25, -0.2) is 4.39 Å². The number of nitriles is 1. The molecule has 0 spiro atoms. The first kappa shape index (κ1) is 13.3. The Bertz CT molecular complexity index is 749. The van der Waals surface area contributed by atoms with Crippen LogP contribution in [0.4, 0.5) is 10.1 Å².